The molecule has 94 valence electrons. The second-order valence-electron chi connectivity index (χ2n) is 4.72. The Morgan fingerprint density at radius 1 is 1.11 bits per heavy atom. The summed E-state index contributed by atoms with van der Waals surface area (Å²) in [6, 6.07) is 8.11. The summed E-state index contributed by atoms with van der Waals surface area (Å²) in [7, 11) is 0. The van der Waals surface area contributed by atoms with Gasteiger partial charge in [0.15, 0.2) is 0 Å². The van der Waals surface area contributed by atoms with Gasteiger partial charge in [0, 0.05) is 29.0 Å². The zero-order valence-corrected chi connectivity index (χ0v) is 10.5. The average Bonchev–Trinajstić information content (AvgIpc) is 3.09. The molecule has 4 nitrogen and oxygen atoms in total. The first-order valence-electron chi connectivity index (χ1n) is 6.30. The van der Waals surface area contributed by atoms with Crippen LogP contribution in [0.4, 0.5) is 0 Å². The number of fused-ring (bicyclic) bond motifs is 3. The maximum absolute atomic E-state index is 5.77. The van der Waals surface area contributed by atoms with Gasteiger partial charge in [-0.3, -0.25) is 4.98 Å². The van der Waals surface area contributed by atoms with Gasteiger partial charge < -0.3 is 9.26 Å². The average molecular weight is 252 g/mol. The largest absolute Gasteiger partial charge is 0.492 e. The third-order valence-electron chi connectivity index (χ3n) is 3.55. The Kier molecular flexibility index (Phi) is 2.12. The third-order valence-corrected chi connectivity index (χ3v) is 3.55. The Bertz CT molecular complexity index is 763. The monoisotopic (exact) mass is 252 g/mol. The molecule has 0 spiro atoms. The fourth-order valence-corrected chi connectivity index (χ4v) is 2.62. The normalized spacial score (nSPS) is 13.5. The molecule has 3 aromatic rings. The summed E-state index contributed by atoms with van der Waals surface area (Å²) in [5.74, 6) is 0.993. The number of aromatic nitrogens is 2. The first-order chi connectivity index (χ1) is 9.33. The Morgan fingerprint density at radius 2 is 2.05 bits per heavy atom. The highest BCUT2D eigenvalue weighted by molar-refractivity contribution is 5.93. The van der Waals surface area contributed by atoms with Crippen molar-refractivity contribution in [3.05, 3.63) is 41.8 Å². The van der Waals surface area contributed by atoms with Crippen molar-refractivity contribution >= 4 is 10.8 Å². The molecular formula is C15H12N2O2. The Labute approximate surface area is 110 Å². The predicted octanol–water partition coefficient (Wildman–Crippen LogP) is 3.13. The van der Waals surface area contributed by atoms with Crippen LogP contribution in [0, 0.1) is 6.92 Å². The minimum Gasteiger partial charge on any atom is -0.492 e. The molecule has 0 atom stereocenters. The van der Waals surface area contributed by atoms with E-state index in [1.807, 2.05) is 19.1 Å². The van der Waals surface area contributed by atoms with Gasteiger partial charge in [0.2, 0.25) is 0 Å². The van der Waals surface area contributed by atoms with Crippen molar-refractivity contribution in [1.29, 1.82) is 0 Å². The molecule has 2 aromatic heterocycles. The number of nitrogens with zero attached hydrogens (tertiary/aromatic N) is 2. The molecule has 19 heavy (non-hydrogen) atoms. The van der Waals surface area contributed by atoms with Gasteiger partial charge in [-0.05, 0) is 18.6 Å². The van der Waals surface area contributed by atoms with Crippen LogP contribution in [0.5, 0.6) is 5.75 Å². The van der Waals surface area contributed by atoms with Crippen LogP contribution in [-0.2, 0) is 6.42 Å². The molecular weight excluding hydrogens is 240 g/mol. The molecule has 4 heteroatoms. The maximum Gasteiger partial charge on any atom is 0.132 e. The van der Waals surface area contributed by atoms with Crippen LogP contribution in [0.25, 0.3) is 22.2 Å². The number of ether oxygens (including phenoxy) is 1. The molecule has 1 aliphatic heterocycles. The van der Waals surface area contributed by atoms with E-state index in [1.165, 1.54) is 5.56 Å². The first kappa shape index (κ1) is 10.6. The molecule has 0 unspecified atom stereocenters. The lowest BCUT2D eigenvalue weighted by atomic mass is 10.0. The molecule has 0 amide bonds. The maximum atomic E-state index is 5.77. The molecule has 0 radical (unpaired) electrons. The minimum absolute atomic E-state index is 0.751. The third kappa shape index (κ3) is 1.53. The standard InChI is InChI=1S/C15H12N2O2/c1-9-11-3-2-10-4-6-18-15(10)12(11)8-14(16-9)13-5-7-19-17-13/h2-3,5,7-8H,4,6H2,1H3. The van der Waals surface area contributed by atoms with Gasteiger partial charge in [-0.1, -0.05) is 17.3 Å². The van der Waals surface area contributed by atoms with E-state index in [0.29, 0.717) is 0 Å². The molecule has 0 bridgehead atoms. The summed E-state index contributed by atoms with van der Waals surface area (Å²) in [6.07, 6.45) is 2.54. The van der Waals surface area contributed by atoms with Crippen LogP contribution in [0.3, 0.4) is 0 Å². The summed E-state index contributed by atoms with van der Waals surface area (Å²) in [5.41, 5.74) is 3.82. The smallest absolute Gasteiger partial charge is 0.132 e. The topological polar surface area (TPSA) is 48.2 Å². The van der Waals surface area contributed by atoms with E-state index in [0.717, 1.165) is 46.6 Å². The zero-order chi connectivity index (χ0) is 12.8. The number of benzene rings is 1. The molecule has 1 aromatic carbocycles. The van der Waals surface area contributed by atoms with Gasteiger partial charge in [-0.25, -0.2) is 0 Å². The first-order valence-corrected chi connectivity index (χ1v) is 6.30. The molecule has 3 heterocycles. The number of hydrogen-bond acceptors (Lipinski definition) is 4. The summed E-state index contributed by atoms with van der Waals surface area (Å²) >= 11 is 0. The van der Waals surface area contributed by atoms with Crippen LogP contribution in [0.15, 0.2) is 35.1 Å². The van der Waals surface area contributed by atoms with E-state index in [2.05, 4.69) is 22.3 Å². The van der Waals surface area contributed by atoms with Crippen LogP contribution < -0.4 is 4.74 Å². The fourth-order valence-electron chi connectivity index (χ4n) is 2.62. The molecule has 0 N–H and O–H groups in total. The molecule has 0 aliphatic carbocycles. The van der Waals surface area contributed by atoms with Crippen molar-refractivity contribution in [2.75, 3.05) is 6.61 Å². The Morgan fingerprint density at radius 3 is 2.89 bits per heavy atom. The van der Waals surface area contributed by atoms with E-state index in [-0.39, 0.29) is 0 Å². The SMILES string of the molecule is Cc1nc(-c2ccon2)cc2c3c(ccc12)CCO3. The Hall–Kier alpha value is -2.36. The highest BCUT2D eigenvalue weighted by Crippen LogP contribution is 2.36. The Balaban J connectivity index is 2.05. The van der Waals surface area contributed by atoms with Gasteiger partial charge in [0.25, 0.3) is 0 Å². The number of aryl methyl sites for hydroxylation is 1. The summed E-state index contributed by atoms with van der Waals surface area (Å²) in [6.45, 7) is 2.77. The highest BCUT2D eigenvalue weighted by Gasteiger charge is 2.17. The fraction of sp³-hybridized carbons (Fsp3) is 0.200. The highest BCUT2D eigenvalue weighted by atomic mass is 16.5. The van der Waals surface area contributed by atoms with Crippen molar-refractivity contribution in [1.82, 2.24) is 10.1 Å². The zero-order valence-electron chi connectivity index (χ0n) is 10.5. The van der Waals surface area contributed by atoms with E-state index >= 15 is 0 Å². The summed E-state index contributed by atoms with van der Waals surface area (Å²) in [5, 5.41) is 6.19. The van der Waals surface area contributed by atoms with Crippen LogP contribution >= 0.6 is 0 Å². The van der Waals surface area contributed by atoms with Crippen LogP contribution in [-0.4, -0.2) is 16.7 Å². The molecule has 1 aliphatic rings. The van der Waals surface area contributed by atoms with Gasteiger partial charge in [0.05, 0.1) is 12.3 Å². The van der Waals surface area contributed by atoms with Gasteiger partial charge in [-0.2, -0.15) is 0 Å². The second kappa shape index (κ2) is 3.82. The molecule has 0 saturated carbocycles. The van der Waals surface area contributed by atoms with E-state index in [4.69, 9.17) is 9.26 Å². The van der Waals surface area contributed by atoms with Crippen molar-refractivity contribution in [3.8, 4) is 17.1 Å². The van der Waals surface area contributed by atoms with E-state index in [9.17, 15) is 0 Å². The predicted molar refractivity (Wildman–Crippen MR) is 71.2 cm³/mol. The lowest BCUT2D eigenvalue weighted by Gasteiger charge is -2.08. The van der Waals surface area contributed by atoms with E-state index < -0.39 is 0 Å². The van der Waals surface area contributed by atoms with Gasteiger partial charge in [0.1, 0.15) is 17.7 Å². The number of hydrogen-bond donors (Lipinski definition) is 0. The van der Waals surface area contributed by atoms with Gasteiger partial charge in [-0.15, -0.1) is 0 Å². The van der Waals surface area contributed by atoms with Gasteiger partial charge >= 0.3 is 0 Å². The quantitative estimate of drug-likeness (QED) is 0.667. The molecule has 0 saturated heterocycles. The summed E-state index contributed by atoms with van der Waals surface area (Å²) in [4.78, 5) is 4.59. The number of pyridine rings is 1. The second-order valence-corrected chi connectivity index (χ2v) is 4.72. The van der Waals surface area contributed by atoms with Crippen molar-refractivity contribution < 1.29 is 9.26 Å². The van der Waals surface area contributed by atoms with Crippen molar-refractivity contribution in [2.24, 2.45) is 0 Å². The van der Waals surface area contributed by atoms with Crippen LogP contribution in [0.1, 0.15) is 11.3 Å². The van der Waals surface area contributed by atoms with E-state index in [1.54, 1.807) is 6.26 Å². The van der Waals surface area contributed by atoms with Crippen molar-refractivity contribution in [2.45, 2.75) is 13.3 Å². The lowest BCUT2D eigenvalue weighted by Crippen LogP contribution is -1.92. The minimum atomic E-state index is 0.751. The lowest BCUT2D eigenvalue weighted by molar-refractivity contribution is 0.360. The summed E-state index contributed by atoms with van der Waals surface area (Å²) < 4.78 is 10.7. The molecule has 4 rings (SSSR count). The molecule has 0 fully saturated rings. The van der Waals surface area contributed by atoms with Crippen LogP contribution in [0.2, 0.25) is 0 Å². The number of rotatable bonds is 1. The van der Waals surface area contributed by atoms with Crippen molar-refractivity contribution in [3.63, 3.8) is 0 Å².